The fourth-order valence-electron chi connectivity index (χ4n) is 1.33. The number of nitrogens with one attached hydrogen (secondary N) is 1. The summed E-state index contributed by atoms with van der Waals surface area (Å²) in [4.78, 5) is 15.7. The standard InChI is InChI=1S/C10H11N5O2/c1-6(7-3-2-4-12-5-7)13-10(16)8-9(11)15-17-14-8/h2-6H,1H3,(H2,11,15)(H,13,16). The smallest absolute Gasteiger partial charge is 0.277 e. The molecule has 2 aromatic heterocycles. The summed E-state index contributed by atoms with van der Waals surface area (Å²) in [5, 5.41) is 9.48. The molecule has 0 spiro atoms. The number of hydrogen-bond donors (Lipinski definition) is 2. The first kappa shape index (κ1) is 11.1. The molecule has 2 heterocycles. The molecule has 88 valence electrons. The Kier molecular flexibility index (Phi) is 2.99. The minimum Gasteiger partial charge on any atom is -0.379 e. The number of aromatic nitrogens is 3. The van der Waals surface area contributed by atoms with Gasteiger partial charge in [0.15, 0.2) is 0 Å². The largest absolute Gasteiger partial charge is 0.379 e. The average Bonchev–Trinajstić information content (AvgIpc) is 2.76. The Morgan fingerprint density at radius 2 is 2.35 bits per heavy atom. The molecule has 0 radical (unpaired) electrons. The van der Waals surface area contributed by atoms with Crippen LogP contribution in [-0.2, 0) is 0 Å². The van der Waals surface area contributed by atoms with Gasteiger partial charge in [0.05, 0.1) is 6.04 Å². The van der Waals surface area contributed by atoms with Gasteiger partial charge >= 0.3 is 0 Å². The summed E-state index contributed by atoms with van der Waals surface area (Å²) in [5.41, 5.74) is 6.29. The molecule has 0 saturated carbocycles. The van der Waals surface area contributed by atoms with Gasteiger partial charge in [-0.1, -0.05) is 6.07 Å². The Hall–Kier alpha value is -2.44. The van der Waals surface area contributed by atoms with Crippen LogP contribution < -0.4 is 11.1 Å². The SMILES string of the molecule is CC(NC(=O)c1nonc1N)c1cccnc1. The summed E-state index contributed by atoms with van der Waals surface area (Å²) in [6.45, 7) is 1.83. The van der Waals surface area contributed by atoms with Crippen LogP contribution in [0, 0.1) is 0 Å². The molecule has 0 aliphatic rings. The number of anilines is 1. The third kappa shape index (κ3) is 2.39. The highest BCUT2D eigenvalue weighted by Gasteiger charge is 2.18. The molecule has 2 rings (SSSR count). The van der Waals surface area contributed by atoms with E-state index in [0.29, 0.717) is 0 Å². The van der Waals surface area contributed by atoms with Crippen molar-refractivity contribution in [1.29, 1.82) is 0 Å². The molecule has 2 aromatic rings. The molecule has 7 nitrogen and oxygen atoms in total. The van der Waals surface area contributed by atoms with Crippen LogP contribution in [0.4, 0.5) is 5.82 Å². The maximum atomic E-state index is 11.7. The molecule has 0 aliphatic carbocycles. The molecule has 17 heavy (non-hydrogen) atoms. The maximum Gasteiger partial charge on any atom is 0.277 e. The van der Waals surface area contributed by atoms with E-state index in [1.54, 1.807) is 18.5 Å². The van der Waals surface area contributed by atoms with Crippen LogP contribution >= 0.6 is 0 Å². The van der Waals surface area contributed by atoms with Crippen molar-refractivity contribution in [2.75, 3.05) is 5.73 Å². The maximum absolute atomic E-state index is 11.7. The Labute approximate surface area is 97.0 Å². The predicted molar refractivity (Wildman–Crippen MR) is 58.8 cm³/mol. The summed E-state index contributed by atoms with van der Waals surface area (Å²) in [6, 6.07) is 3.46. The fraction of sp³-hybridized carbons (Fsp3) is 0.200. The number of carbonyl (C=O) groups is 1. The Morgan fingerprint density at radius 3 is 2.94 bits per heavy atom. The van der Waals surface area contributed by atoms with E-state index in [9.17, 15) is 4.79 Å². The van der Waals surface area contributed by atoms with E-state index in [1.807, 2.05) is 13.0 Å². The second-order valence-corrected chi connectivity index (χ2v) is 3.48. The zero-order chi connectivity index (χ0) is 12.3. The Balaban J connectivity index is 2.08. The number of nitrogen functional groups attached to an aromatic ring is 1. The van der Waals surface area contributed by atoms with E-state index < -0.39 is 5.91 Å². The first-order chi connectivity index (χ1) is 8.18. The number of carbonyl (C=O) groups excluding carboxylic acids is 1. The molecule has 0 saturated heterocycles. The van der Waals surface area contributed by atoms with Crippen LogP contribution in [-0.4, -0.2) is 21.2 Å². The van der Waals surface area contributed by atoms with E-state index in [2.05, 4.69) is 25.2 Å². The first-order valence-corrected chi connectivity index (χ1v) is 4.97. The topological polar surface area (TPSA) is 107 Å². The summed E-state index contributed by atoms with van der Waals surface area (Å²) in [6.07, 6.45) is 3.34. The van der Waals surface area contributed by atoms with E-state index in [0.717, 1.165) is 5.56 Å². The second-order valence-electron chi connectivity index (χ2n) is 3.48. The Morgan fingerprint density at radius 1 is 1.53 bits per heavy atom. The third-order valence-corrected chi connectivity index (χ3v) is 2.26. The van der Waals surface area contributed by atoms with Crippen LogP contribution in [0.2, 0.25) is 0 Å². The molecule has 0 fully saturated rings. The number of hydrogen-bond acceptors (Lipinski definition) is 6. The van der Waals surface area contributed by atoms with Crippen LogP contribution in [0.1, 0.15) is 29.0 Å². The van der Waals surface area contributed by atoms with Crippen LogP contribution in [0.15, 0.2) is 29.2 Å². The molecule has 0 bridgehead atoms. The van der Waals surface area contributed by atoms with Gasteiger partial charge in [-0.05, 0) is 28.9 Å². The van der Waals surface area contributed by atoms with Crippen molar-refractivity contribution in [3.05, 3.63) is 35.8 Å². The van der Waals surface area contributed by atoms with Crippen molar-refractivity contribution in [3.8, 4) is 0 Å². The molecule has 0 aromatic carbocycles. The number of pyridine rings is 1. The van der Waals surface area contributed by atoms with Crippen molar-refractivity contribution < 1.29 is 9.42 Å². The lowest BCUT2D eigenvalue weighted by molar-refractivity contribution is 0.0930. The lowest BCUT2D eigenvalue weighted by Crippen LogP contribution is -2.27. The normalized spacial score (nSPS) is 12.1. The lowest BCUT2D eigenvalue weighted by atomic mass is 10.1. The summed E-state index contributed by atoms with van der Waals surface area (Å²) in [5.74, 6) is -0.457. The highest BCUT2D eigenvalue weighted by atomic mass is 16.6. The van der Waals surface area contributed by atoms with E-state index in [1.165, 1.54) is 0 Å². The number of amides is 1. The molecule has 0 aliphatic heterocycles. The molecular formula is C10H11N5O2. The lowest BCUT2D eigenvalue weighted by Gasteiger charge is -2.12. The fourth-order valence-corrected chi connectivity index (χ4v) is 1.33. The van der Waals surface area contributed by atoms with Crippen LogP contribution in [0.3, 0.4) is 0 Å². The van der Waals surface area contributed by atoms with Gasteiger partial charge in [0.2, 0.25) is 11.5 Å². The van der Waals surface area contributed by atoms with Gasteiger partial charge in [-0.25, -0.2) is 4.63 Å². The first-order valence-electron chi connectivity index (χ1n) is 4.97. The zero-order valence-corrected chi connectivity index (χ0v) is 9.12. The quantitative estimate of drug-likeness (QED) is 0.801. The van der Waals surface area contributed by atoms with Crippen molar-refractivity contribution in [2.24, 2.45) is 0 Å². The van der Waals surface area contributed by atoms with Gasteiger partial charge in [0.25, 0.3) is 5.91 Å². The Bertz CT molecular complexity index is 510. The third-order valence-electron chi connectivity index (χ3n) is 2.26. The monoisotopic (exact) mass is 233 g/mol. The number of nitrogens with two attached hydrogens (primary N) is 1. The average molecular weight is 233 g/mol. The summed E-state index contributed by atoms with van der Waals surface area (Å²) < 4.78 is 4.36. The van der Waals surface area contributed by atoms with Gasteiger partial charge in [0, 0.05) is 12.4 Å². The molecule has 7 heteroatoms. The van der Waals surface area contributed by atoms with Crippen molar-refractivity contribution in [1.82, 2.24) is 20.6 Å². The van der Waals surface area contributed by atoms with Crippen LogP contribution in [0.25, 0.3) is 0 Å². The van der Waals surface area contributed by atoms with E-state index in [4.69, 9.17) is 5.73 Å². The minimum absolute atomic E-state index is 0.0132. The molecule has 1 atom stereocenters. The summed E-state index contributed by atoms with van der Waals surface area (Å²) in [7, 11) is 0. The van der Waals surface area contributed by atoms with Gasteiger partial charge < -0.3 is 11.1 Å². The van der Waals surface area contributed by atoms with E-state index >= 15 is 0 Å². The van der Waals surface area contributed by atoms with Gasteiger partial charge in [-0.2, -0.15) is 0 Å². The highest BCUT2D eigenvalue weighted by molar-refractivity contribution is 5.96. The van der Waals surface area contributed by atoms with Gasteiger partial charge in [-0.3, -0.25) is 9.78 Å². The molecule has 3 N–H and O–H groups in total. The van der Waals surface area contributed by atoms with Gasteiger partial charge in [0.1, 0.15) is 0 Å². The number of rotatable bonds is 3. The zero-order valence-electron chi connectivity index (χ0n) is 9.12. The van der Waals surface area contributed by atoms with E-state index in [-0.39, 0.29) is 17.6 Å². The molecular weight excluding hydrogens is 222 g/mol. The van der Waals surface area contributed by atoms with Crippen molar-refractivity contribution >= 4 is 11.7 Å². The number of nitrogens with zero attached hydrogens (tertiary/aromatic N) is 3. The minimum atomic E-state index is -0.430. The van der Waals surface area contributed by atoms with Crippen molar-refractivity contribution in [2.45, 2.75) is 13.0 Å². The molecule has 1 amide bonds. The second kappa shape index (κ2) is 4.60. The highest BCUT2D eigenvalue weighted by Crippen LogP contribution is 2.12. The van der Waals surface area contributed by atoms with Crippen LogP contribution in [0.5, 0.6) is 0 Å². The summed E-state index contributed by atoms with van der Waals surface area (Å²) >= 11 is 0. The van der Waals surface area contributed by atoms with Gasteiger partial charge in [-0.15, -0.1) is 0 Å². The van der Waals surface area contributed by atoms with Crippen molar-refractivity contribution in [3.63, 3.8) is 0 Å². The predicted octanol–water partition coefficient (Wildman–Crippen LogP) is 0.538. The molecule has 1 unspecified atom stereocenters.